The number of nitrogens with zero attached hydrogens (tertiary/aromatic N) is 2. The maximum absolute atomic E-state index is 12.8. The van der Waals surface area contributed by atoms with E-state index in [0.29, 0.717) is 4.90 Å². The van der Waals surface area contributed by atoms with Crippen LogP contribution >= 0.6 is 0 Å². The van der Waals surface area contributed by atoms with Crippen molar-refractivity contribution < 1.29 is 8.42 Å². The van der Waals surface area contributed by atoms with Crippen molar-refractivity contribution in [3.05, 3.63) is 46.3 Å². The lowest BCUT2D eigenvalue weighted by Gasteiger charge is -2.17. The zero-order valence-corrected chi connectivity index (χ0v) is 15.5. The van der Waals surface area contributed by atoms with Gasteiger partial charge in [0.1, 0.15) is 0 Å². The molecule has 126 valence electrons. The number of aromatic nitrogens is 2. The van der Waals surface area contributed by atoms with E-state index in [0.717, 1.165) is 34.5 Å². The second kappa shape index (κ2) is 6.45. The molecule has 0 saturated carbocycles. The lowest BCUT2D eigenvalue weighted by atomic mass is 10.1. The molecule has 0 aliphatic rings. The van der Waals surface area contributed by atoms with Gasteiger partial charge in [0.2, 0.25) is 10.0 Å². The van der Waals surface area contributed by atoms with Crippen LogP contribution < -0.4 is 4.72 Å². The first-order valence-corrected chi connectivity index (χ1v) is 9.28. The Morgan fingerprint density at radius 2 is 1.74 bits per heavy atom. The highest BCUT2D eigenvalue weighted by Crippen LogP contribution is 2.24. The minimum Gasteiger partial charge on any atom is -0.272 e. The van der Waals surface area contributed by atoms with E-state index in [4.69, 9.17) is 0 Å². The van der Waals surface area contributed by atoms with Crippen molar-refractivity contribution in [2.24, 2.45) is 0 Å². The summed E-state index contributed by atoms with van der Waals surface area (Å²) in [4.78, 5) is 0.371. The average Bonchev–Trinajstić information content (AvgIpc) is 2.77. The normalized spacial score (nSPS) is 13.3. The Balaban J connectivity index is 2.36. The van der Waals surface area contributed by atoms with Crippen LogP contribution in [0.2, 0.25) is 0 Å². The van der Waals surface area contributed by atoms with Crippen LogP contribution in [-0.2, 0) is 16.6 Å². The fraction of sp³-hybridized carbons (Fsp3) is 0.471. The molecule has 0 fully saturated rings. The van der Waals surface area contributed by atoms with Gasteiger partial charge in [-0.1, -0.05) is 17.7 Å². The van der Waals surface area contributed by atoms with Gasteiger partial charge in [0.05, 0.1) is 10.6 Å². The number of sulfonamides is 1. The molecule has 1 atom stereocenters. The van der Waals surface area contributed by atoms with Crippen LogP contribution in [0.5, 0.6) is 0 Å². The molecule has 0 aliphatic carbocycles. The maximum atomic E-state index is 12.8. The molecule has 0 spiro atoms. The van der Waals surface area contributed by atoms with Gasteiger partial charge in [-0.3, -0.25) is 4.68 Å². The molecule has 1 aromatic carbocycles. The van der Waals surface area contributed by atoms with Gasteiger partial charge in [0, 0.05) is 24.3 Å². The smallest absolute Gasteiger partial charge is 0.241 e. The summed E-state index contributed by atoms with van der Waals surface area (Å²) >= 11 is 0. The Bertz CT molecular complexity index is 799. The highest BCUT2D eigenvalue weighted by molar-refractivity contribution is 7.89. The number of aryl methyl sites for hydroxylation is 5. The quantitative estimate of drug-likeness (QED) is 0.913. The number of rotatable bonds is 5. The third-order valence-corrected chi connectivity index (χ3v) is 5.83. The van der Waals surface area contributed by atoms with E-state index in [1.807, 2.05) is 64.6 Å². The molecule has 1 aromatic heterocycles. The van der Waals surface area contributed by atoms with E-state index in [1.165, 1.54) is 0 Å². The lowest BCUT2D eigenvalue weighted by Crippen LogP contribution is -2.28. The molecule has 1 heterocycles. The van der Waals surface area contributed by atoms with Crippen molar-refractivity contribution in [1.82, 2.24) is 14.5 Å². The van der Waals surface area contributed by atoms with Crippen molar-refractivity contribution in [2.45, 2.75) is 59.0 Å². The Morgan fingerprint density at radius 3 is 2.22 bits per heavy atom. The SMILES string of the molecule is CCn1cc(C(C)NS(=O)(=O)c2c(C)cc(C)cc2C)c(C)n1. The van der Waals surface area contributed by atoms with E-state index in [-0.39, 0.29) is 6.04 Å². The molecule has 0 saturated heterocycles. The van der Waals surface area contributed by atoms with Gasteiger partial charge in [0.15, 0.2) is 0 Å². The van der Waals surface area contributed by atoms with Gasteiger partial charge in [0.25, 0.3) is 0 Å². The van der Waals surface area contributed by atoms with Gasteiger partial charge < -0.3 is 0 Å². The second-order valence-corrected chi connectivity index (χ2v) is 7.75. The highest BCUT2D eigenvalue weighted by atomic mass is 32.2. The Morgan fingerprint density at radius 1 is 1.17 bits per heavy atom. The summed E-state index contributed by atoms with van der Waals surface area (Å²) in [5, 5.41) is 4.38. The fourth-order valence-electron chi connectivity index (χ4n) is 3.07. The predicted octanol–water partition coefficient (Wildman–Crippen LogP) is 3.18. The van der Waals surface area contributed by atoms with Crippen LogP contribution in [0.15, 0.2) is 23.2 Å². The van der Waals surface area contributed by atoms with Crippen LogP contribution in [0.25, 0.3) is 0 Å². The molecule has 6 heteroatoms. The molecule has 0 radical (unpaired) electrons. The molecule has 0 bridgehead atoms. The van der Waals surface area contributed by atoms with Crippen molar-refractivity contribution in [1.29, 1.82) is 0 Å². The molecule has 1 unspecified atom stereocenters. The van der Waals surface area contributed by atoms with Gasteiger partial charge in [-0.25, -0.2) is 13.1 Å². The topological polar surface area (TPSA) is 64.0 Å². The number of nitrogens with one attached hydrogen (secondary N) is 1. The lowest BCUT2D eigenvalue weighted by molar-refractivity contribution is 0.565. The summed E-state index contributed by atoms with van der Waals surface area (Å²) in [7, 11) is -3.59. The van der Waals surface area contributed by atoms with Crippen molar-refractivity contribution in [2.75, 3.05) is 0 Å². The van der Waals surface area contributed by atoms with Gasteiger partial charge in [-0.2, -0.15) is 5.10 Å². The standard InChI is InChI=1S/C17H25N3O2S/c1-7-20-10-16(14(5)18-20)15(6)19-23(21,22)17-12(3)8-11(2)9-13(17)4/h8-10,15,19H,7H2,1-6H3. The van der Waals surface area contributed by atoms with Gasteiger partial charge in [-0.15, -0.1) is 0 Å². The van der Waals surface area contributed by atoms with Crippen LogP contribution in [-0.4, -0.2) is 18.2 Å². The van der Waals surface area contributed by atoms with Crippen LogP contribution in [0.3, 0.4) is 0 Å². The Hall–Kier alpha value is -1.66. The van der Waals surface area contributed by atoms with Crippen molar-refractivity contribution in [3.8, 4) is 0 Å². The van der Waals surface area contributed by atoms with E-state index in [9.17, 15) is 8.42 Å². The Labute approximate surface area is 138 Å². The minimum atomic E-state index is -3.59. The highest BCUT2D eigenvalue weighted by Gasteiger charge is 2.24. The van der Waals surface area contributed by atoms with E-state index in [1.54, 1.807) is 0 Å². The zero-order chi connectivity index (χ0) is 17.4. The fourth-order valence-corrected chi connectivity index (χ4v) is 4.74. The number of benzene rings is 1. The molecule has 0 amide bonds. The monoisotopic (exact) mass is 335 g/mol. The molecular formula is C17H25N3O2S. The molecule has 2 rings (SSSR count). The first-order chi connectivity index (χ1) is 10.7. The molecule has 0 aliphatic heterocycles. The van der Waals surface area contributed by atoms with Crippen LogP contribution in [0.4, 0.5) is 0 Å². The summed E-state index contributed by atoms with van der Waals surface area (Å²) < 4.78 is 30.2. The second-order valence-electron chi connectivity index (χ2n) is 6.10. The first kappa shape index (κ1) is 17.7. The zero-order valence-electron chi connectivity index (χ0n) is 14.6. The summed E-state index contributed by atoms with van der Waals surface area (Å²) in [6.45, 7) is 12.1. The maximum Gasteiger partial charge on any atom is 0.241 e. The summed E-state index contributed by atoms with van der Waals surface area (Å²) in [6.07, 6.45) is 1.90. The van der Waals surface area contributed by atoms with Crippen molar-refractivity contribution >= 4 is 10.0 Å². The number of hydrogen-bond acceptors (Lipinski definition) is 3. The summed E-state index contributed by atoms with van der Waals surface area (Å²) in [5.74, 6) is 0. The summed E-state index contributed by atoms with van der Waals surface area (Å²) in [5.41, 5.74) is 4.34. The minimum absolute atomic E-state index is 0.333. The largest absolute Gasteiger partial charge is 0.272 e. The molecule has 1 N–H and O–H groups in total. The third-order valence-electron chi connectivity index (χ3n) is 3.98. The summed E-state index contributed by atoms with van der Waals surface area (Å²) in [6, 6.07) is 3.46. The third kappa shape index (κ3) is 3.64. The van der Waals surface area contributed by atoms with E-state index >= 15 is 0 Å². The average molecular weight is 335 g/mol. The molecular weight excluding hydrogens is 310 g/mol. The van der Waals surface area contributed by atoms with Gasteiger partial charge >= 0.3 is 0 Å². The van der Waals surface area contributed by atoms with E-state index in [2.05, 4.69) is 9.82 Å². The Kier molecular flexibility index (Phi) is 4.96. The molecule has 23 heavy (non-hydrogen) atoms. The van der Waals surface area contributed by atoms with Crippen molar-refractivity contribution in [3.63, 3.8) is 0 Å². The van der Waals surface area contributed by atoms with E-state index < -0.39 is 10.0 Å². The van der Waals surface area contributed by atoms with Crippen LogP contribution in [0.1, 0.15) is 47.8 Å². The predicted molar refractivity (Wildman–Crippen MR) is 92.0 cm³/mol. The first-order valence-electron chi connectivity index (χ1n) is 7.79. The molecule has 5 nitrogen and oxygen atoms in total. The molecule has 2 aromatic rings. The number of hydrogen-bond donors (Lipinski definition) is 1. The van der Waals surface area contributed by atoms with Crippen LogP contribution in [0, 0.1) is 27.7 Å². The van der Waals surface area contributed by atoms with Gasteiger partial charge in [-0.05, 0) is 52.7 Å².